The highest BCUT2D eigenvalue weighted by Crippen LogP contribution is 2.57. The van der Waals surface area contributed by atoms with Crippen LogP contribution in [0.3, 0.4) is 0 Å². The maximum Gasteiger partial charge on any atom is 0.228 e. The Labute approximate surface area is 107 Å². The van der Waals surface area contributed by atoms with Gasteiger partial charge >= 0.3 is 0 Å². The van der Waals surface area contributed by atoms with Crippen LogP contribution in [0.5, 0.6) is 0 Å². The lowest BCUT2D eigenvalue weighted by molar-refractivity contribution is -0.139. The molecule has 3 fully saturated rings. The first kappa shape index (κ1) is 10.6. The second kappa shape index (κ2) is 3.35. The lowest BCUT2D eigenvalue weighted by Crippen LogP contribution is -2.45. The summed E-state index contributed by atoms with van der Waals surface area (Å²) in [5.41, 5.74) is 1.02. The number of fused-ring (bicyclic) bond motifs is 3. The van der Waals surface area contributed by atoms with E-state index in [1.54, 1.807) is 0 Å². The fourth-order valence-electron chi connectivity index (χ4n) is 3.89. The van der Waals surface area contributed by atoms with E-state index in [0.717, 1.165) is 12.0 Å². The van der Waals surface area contributed by atoms with Crippen LogP contribution >= 0.6 is 0 Å². The Morgan fingerprint density at radius 1 is 1.28 bits per heavy atom. The summed E-state index contributed by atoms with van der Waals surface area (Å²) in [5, 5.41) is 0. The molecule has 0 spiro atoms. The standard InChI is InChI=1S/C15H17NO2/c1-15-9-18-14(10-5-3-2-4-6-10)16(15)13(17)11-7-8-12(11)15/h2-6,11-12,14H,7-9H2,1H3/t11?,12?,14-,15-/m0/s1. The van der Waals surface area contributed by atoms with Crippen LogP contribution in [0.4, 0.5) is 0 Å². The van der Waals surface area contributed by atoms with Gasteiger partial charge in [0.15, 0.2) is 6.23 Å². The van der Waals surface area contributed by atoms with Gasteiger partial charge in [-0.25, -0.2) is 0 Å². The van der Waals surface area contributed by atoms with Crippen molar-refractivity contribution < 1.29 is 9.53 Å². The van der Waals surface area contributed by atoms with Crippen LogP contribution in [-0.4, -0.2) is 23.0 Å². The van der Waals surface area contributed by atoms with E-state index >= 15 is 0 Å². The third-order valence-corrected chi connectivity index (χ3v) is 5.03. The van der Waals surface area contributed by atoms with E-state index in [1.165, 1.54) is 6.42 Å². The first-order valence-electron chi connectivity index (χ1n) is 6.71. The van der Waals surface area contributed by atoms with E-state index in [1.807, 2.05) is 35.2 Å². The molecule has 4 atom stereocenters. The van der Waals surface area contributed by atoms with Gasteiger partial charge in [0.2, 0.25) is 5.91 Å². The molecule has 94 valence electrons. The number of rotatable bonds is 1. The molecular formula is C15H17NO2. The summed E-state index contributed by atoms with van der Waals surface area (Å²) in [5.74, 6) is 1.09. The van der Waals surface area contributed by atoms with Crippen LogP contribution < -0.4 is 0 Å². The molecular weight excluding hydrogens is 226 g/mol. The SMILES string of the molecule is C[C@@]12CO[C@@H](c3ccccc3)N1C(=O)C1CCC12. The predicted octanol–water partition coefficient (Wildman–Crippen LogP) is 2.34. The number of hydrogen-bond acceptors (Lipinski definition) is 2. The van der Waals surface area contributed by atoms with Crippen molar-refractivity contribution in [2.45, 2.75) is 31.5 Å². The lowest BCUT2D eigenvalue weighted by atomic mass is 9.68. The minimum Gasteiger partial charge on any atom is -0.351 e. The number of carbonyl (C=O) groups excluding carboxylic acids is 1. The van der Waals surface area contributed by atoms with Gasteiger partial charge in [-0.15, -0.1) is 0 Å². The topological polar surface area (TPSA) is 29.5 Å². The molecule has 1 aromatic rings. The molecule has 0 bridgehead atoms. The Kier molecular flexibility index (Phi) is 1.97. The van der Waals surface area contributed by atoms with Crippen molar-refractivity contribution in [1.29, 1.82) is 0 Å². The number of carbonyl (C=O) groups is 1. The molecule has 2 aliphatic heterocycles. The Morgan fingerprint density at radius 2 is 2.06 bits per heavy atom. The molecule has 1 saturated carbocycles. The number of nitrogens with zero attached hydrogens (tertiary/aromatic N) is 1. The van der Waals surface area contributed by atoms with Gasteiger partial charge < -0.3 is 9.64 Å². The van der Waals surface area contributed by atoms with Crippen molar-refractivity contribution in [3.63, 3.8) is 0 Å². The molecule has 3 aliphatic rings. The number of amides is 1. The summed E-state index contributed by atoms with van der Waals surface area (Å²) in [6, 6.07) is 10.1. The zero-order chi connectivity index (χ0) is 12.3. The summed E-state index contributed by atoms with van der Waals surface area (Å²) in [6.45, 7) is 2.87. The molecule has 2 unspecified atom stereocenters. The highest BCUT2D eigenvalue weighted by Gasteiger charge is 2.64. The van der Waals surface area contributed by atoms with Gasteiger partial charge in [-0.05, 0) is 25.7 Å². The Balaban J connectivity index is 1.75. The van der Waals surface area contributed by atoms with Crippen molar-refractivity contribution in [3.8, 4) is 0 Å². The van der Waals surface area contributed by atoms with Gasteiger partial charge in [-0.2, -0.15) is 0 Å². The largest absolute Gasteiger partial charge is 0.351 e. The summed E-state index contributed by atoms with van der Waals surface area (Å²) in [4.78, 5) is 14.5. The molecule has 1 aliphatic carbocycles. The molecule has 3 nitrogen and oxygen atoms in total. The maximum absolute atomic E-state index is 12.5. The van der Waals surface area contributed by atoms with Crippen LogP contribution in [0, 0.1) is 11.8 Å². The molecule has 1 aromatic carbocycles. The monoisotopic (exact) mass is 243 g/mol. The van der Waals surface area contributed by atoms with Gasteiger partial charge in [-0.1, -0.05) is 30.3 Å². The van der Waals surface area contributed by atoms with E-state index in [9.17, 15) is 4.79 Å². The van der Waals surface area contributed by atoms with Gasteiger partial charge in [0, 0.05) is 11.5 Å². The van der Waals surface area contributed by atoms with E-state index in [0.29, 0.717) is 18.4 Å². The highest BCUT2D eigenvalue weighted by atomic mass is 16.5. The summed E-state index contributed by atoms with van der Waals surface area (Å²) in [6.07, 6.45) is 2.07. The zero-order valence-corrected chi connectivity index (χ0v) is 10.5. The van der Waals surface area contributed by atoms with Crippen LogP contribution in [0.2, 0.25) is 0 Å². The highest BCUT2D eigenvalue weighted by molar-refractivity contribution is 5.85. The summed E-state index contributed by atoms with van der Waals surface area (Å²) >= 11 is 0. The van der Waals surface area contributed by atoms with Crippen molar-refractivity contribution >= 4 is 5.91 Å². The van der Waals surface area contributed by atoms with Crippen molar-refractivity contribution in [3.05, 3.63) is 35.9 Å². The fourth-order valence-corrected chi connectivity index (χ4v) is 3.89. The first-order chi connectivity index (χ1) is 8.72. The van der Waals surface area contributed by atoms with Gasteiger partial charge in [0.05, 0.1) is 12.1 Å². The fraction of sp³-hybridized carbons (Fsp3) is 0.533. The smallest absolute Gasteiger partial charge is 0.228 e. The average molecular weight is 243 g/mol. The Morgan fingerprint density at radius 3 is 2.72 bits per heavy atom. The Hall–Kier alpha value is -1.35. The van der Waals surface area contributed by atoms with Gasteiger partial charge in [0.25, 0.3) is 0 Å². The van der Waals surface area contributed by atoms with E-state index in [4.69, 9.17) is 4.74 Å². The second-order valence-corrected chi connectivity index (χ2v) is 5.93. The third-order valence-electron chi connectivity index (χ3n) is 5.03. The molecule has 0 aromatic heterocycles. The molecule has 2 saturated heterocycles. The van der Waals surface area contributed by atoms with Crippen molar-refractivity contribution in [1.82, 2.24) is 4.90 Å². The van der Waals surface area contributed by atoms with E-state index in [-0.39, 0.29) is 17.7 Å². The van der Waals surface area contributed by atoms with Gasteiger partial charge in [-0.3, -0.25) is 4.79 Å². The molecule has 2 heterocycles. The number of benzene rings is 1. The Bertz CT molecular complexity index is 500. The quantitative estimate of drug-likeness (QED) is 0.757. The van der Waals surface area contributed by atoms with Crippen LogP contribution in [-0.2, 0) is 9.53 Å². The average Bonchev–Trinajstić information content (AvgIpc) is 2.72. The third kappa shape index (κ3) is 1.11. The van der Waals surface area contributed by atoms with Gasteiger partial charge in [0.1, 0.15) is 0 Å². The molecule has 1 amide bonds. The molecule has 18 heavy (non-hydrogen) atoms. The zero-order valence-electron chi connectivity index (χ0n) is 10.5. The maximum atomic E-state index is 12.5. The predicted molar refractivity (Wildman–Crippen MR) is 66.6 cm³/mol. The molecule has 0 radical (unpaired) electrons. The van der Waals surface area contributed by atoms with Crippen LogP contribution in [0.25, 0.3) is 0 Å². The summed E-state index contributed by atoms with van der Waals surface area (Å²) in [7, 11) is 0. The van der Waals surface area contributed by atoms with Crippen molar-refractivity contribution in [2.24, 2.45) is 11.8 Å². The van der Waals surface area contributed by atoms with Crippen LogP contribution in [0.15, 0.2) is 30.3 Å². The molecule has 4 rings (SSSR count). The molecule has 3 heteroatoms. The van der Waals surface area contributed by atoms with Crippen LogP contribution in [0.1, 0.15) is 31.6 Å². The summed E-state index contributed by atoms with van der Waals surface area (Å²) < 4.78 is 5.94. The number of hydrogen-bond donors (Lipinski definition) is 0. The minimum absolute atomic E-state index is 0.0689. The lowest BCUT2D eigenvalue weighted by Gasteiger charge is -2.37. The normalized spacial score (nSPS) is 41.5. The van der Waals surface area contributed by atoms with E-state index in [2.05, 4.69) is 6.92 Å². The second-order valence-electron chi connectivity index (χ2n) is 5.93. The molecule has 0 N–H and O–H groups in total. The minimum atomic E-state index is -0.172. The van der Waals surface area contributed by atoms with E-state index < -0.39 is 0 Å². The number of ether oxygens (including phenoxy) is 1. The van der Waals surface area contributed by atoms with Crippen molar-refractivity contribution in [2.75, 3.05) is 6.61 Å². The first-order valence-corrected chi connectivity index (χ1v) is 6.71.